The number of carbonyl (C=O) groups is 1. The summed E-state index contributed by atoms with van der Waals surface area (Å²) in [5.41, 5.74) is -0.459. The molecule has 1 heterocycles. The molecule has 1 aliphatic rings. The third-order valence-corrected chi connectivity index (χ3v) is 3.86. The van der Waals surface area contributed by atoms with Crippen LogP contribution in [0, 0.1) is 11.6 Å². The highest BCUT2D eigenvalue weighted by Gasteiger charge is 2.28. The van der Waals surface area contributed by atoms with Crippen LogP contribution >= 0.6 is 0 Å². The fraction of sp³-hybridized carbons (Fsp3) is 0.533. The van der Waals surface area contributed by atoms with Crippen LogP contribution in [0.15, 0.2) is 12.1 Å². The molecule has 0 amide bonds. The van der Waals surface area contributed by atoms with Crippen LogP contribution in [-0.2, 0) is 0 Å². The molecule has 1 fully saturated rings. The highest BCUT2D eigenvalue weighted by Crippen LogP contribution is 2.26. The molecular weight excluding hydrogens is 278 g/mol. The van der Waals surface area contributed by atoms with Crippen LogP contribution in [0.4, 0.5) is 14.5 Å². The third-order valence-electron chi connectivity index (χ3n) is 3.86. The van der Waals surface area contributed by atoms with E-state index in [9.17, 15) is 13.6 Å². The number of rotatable bonds is 2. The molecular formula is C15H20F2N2O2. The van der Waals surface area contributed by atoms with Crippen molar-refractivity contribution in [2.75, 3.05) is 31.1 Å². The summed E-state index contributed by atoms with van der Waals surface area (Å²) in [4.78, 5) is 14.8. The predicted molar refractivity (Wildman–Crippen MR) is 76.9 cm³/mol. The van der Waals surface area contributed by atoms with Gasteiger partial charge in [0.15, 0.2) is 11.6 Å². The fourth-order valence-corrected chi connectivity index (χ4v) is 2.57. The van der Waals surface area contributed by atoms with Gasteiger partial charge >= 0.3 is 5.97 Å². The zero-order chi connectivity index (χ0) is 15.8. The van der Waals surface area contributed by atoms with Crippen molar-refractivity contribution >= 4 is 11.7 Å². The molecule has 1 aliphatic heterocycles. The van der Waals surface area contributed by atoms with E-state index in [1.807, 2.05) is 0 Å². The first-order valence-corrected chi connectivity index (χ1v) is 6.93. The quantitative estimate of drug-likeness (QED) is 0.911. The summed E-state index contributed by atoms with van der Waals surface area (Å²) in [6.45, 7) is 9.02. The van der Waals surface area contributed by atoms with Crippen molar-refractivity contribution in [1.82, 2.24) is 4.90 Å². The lowest BCUT2D eigenvalue weighted by molar-refractivity contribution is 0.0690. The van der Waals surface area contributed by atoms with E-state index >= 15 is 0 Å². The lowest BCUT2D eigenvalue weighted by Crippen LogP contribution is -2.53. The number of halogens is 2. The zero-order valence-electron chi connectivity index (χ0n) is 12.5. The molecule has 0 spiro atoms. The minimum absolute atomic E-state index is 0.0447. The standard InChI is InChI=1S/C15H20F2N2O2/c1-15(2,3)19-8-6-18(7-9-19)11-5-4-10(14(20)21)12(16)13(11)17/h4-5H,6-9H2,1-3H3,(H,20,21). The van der Waals surface area contributed by atoms with Gasteiger partial charge in [-0.15, -0.1) is 0 Å². The topological polar surface area (TPSA) is 43.8 Å². The van der Waals surface area contributed by atoms with Gasteiger partial charge in [0.25, 0.3) is 0 Å². The molecule has 2 rings (SSSR count). The van der Waals surface area contributed by atoms with Gasteiger partial charge in [0, 0.05) is 31.7 Å². The van der Waals surface area contributed by atoms with E-state index in [0.717, 1.165) is 19.2 Å². The average molecular weight is 298 g/mol. The number of hydrogen-bond acceptors (Lipinski definition) is 3. The van der Waals surface area contributed by atoms with Crippen LogP contribution in [0.2, 0.25) is 0 Å². The second-order valence-corrected chi connectivity index (χ2v) is 6.21. The maximum Gasteiger partial charge on any atom is 0.338 e. The molecule has 0 aromatic heterocycles. The molecule has 1 aromatic rings. The van der Waals surface area contributed by atoms with E-state index in [1.54, 1.807) is 4.90 Å². The number of carboxylic acid groups (broad SMARTS) is 1. The summed E-state index contributed by atoms with van der Waals surface area (Å²) in [6.07, 6.45) is 0. The van der Waals surface area contributed by atoms with Crippen LogP contribution in [0.25, 0.3) is 0 Å². The molecule has 1 saturated heterocycles. The molecule has 0 atom stereocenters. The Morgan fingerprint density at radius 2 is 1.67 bits per heavy atom. The first kappa shape index (κ1) is 15.7. The van der Waals surface area contributed by atoms with Crippen molar-refractivity contribution in [1.29, 1.82) is 0 Å². The number of hydrogen-bond donors (Lipinski definition) is 1. The molecule has 0 unspecified atom stereocenters. The Bertz CT molecular complexity index is 547. The lowest BCUT2D eigenvalue weighted by Gasteiger charge is -2.43. The van der Waals surface area contributed by atoms with E-state index < -0.39 is 23.2 Å². The highest BCUT2D eigenvalue weighted by molar-refractivity contribution is 5.88. The number of anilines is 1. The Morgan fingerprint density at radius 1 is 1.10 bits per heavy atom. The number of carboxylic acids is 1. The van der Waals surface area contributed by atoms with Gasteiger partial charge in [0.2, 0.25) is 0 Å². The molecule has 0 bridgehead atoms. The van der Waals surface area contributed by atoms with Crippen molar-refractivity contribution in [2.24, 2.45) is 0 Å². The second kappa shape index (κ2) is 5.60. The predicted octanol–water partition coefficient (Wildman–Crippen LogP) is 2.58. The molecule has 6 heteroatoms. The van der Waals surface area contributed by atoms with E-state index in [4.69, 9.17) is 5.11 Å². The smallest absolute Gasteiger partial charge is 0.338 e. The van der Waals surface area contributed by atoms with Crippen LogP contribution in [0.1, 0.15) is 31.1 Å². The van der Waals surface area contributed by atoms with E-state index in [-0.39, 0.29) is 11.2 Å². The normalized spacial score (nSPS) is 17.1. The van der Waals surface area contributed by atoms with E-state index in [2.05, 4.69) is 25.7 Å². The lowest BCUT2D eigenvalue weighted by atomic mass is 10.0. The van der Waals surface area contributed by atoms with Crippen molar-refractivity contribution in [3.05, 3.63) is 29.3 Å². The third kappa shape index (κ3) is 3.15. The van der Waals surface area contributed by atoms with Gasteiger partial charge in [-0.05, 0) is 32.9 Å². The number of aromatic carboxylic acids is 1. The zero-order valence-corrected chi connectivity index (χ0v) is 12.5. The van der Waals surface area contributed by atoms with Gasteiger partial charge in [-0.3, -0.25) is 4.90 Å². The van der Waals surface area contributed by atoms with E-state index in [0.29, 0.717) is 13.1 Å². The highest BCUT2D eigenvalue weighted by atomic mass is 19.2. The Kier molecular flexibility index (Phi) is 4.18. The SMILES string of the molecule is CC(C)(C)N1CCN(c2ccc(C(=O)O)c(F)c2F)CC1. The average Bonchev–Trinajstić information content (AvgIpc) is 2.40. The summed E-state index contributed by atoms with van der Waals surface area (Å²) in [6, 6.07) is 2.46. The largest absolute Gasteiger partial charge is 0.478 e. The molecule has 0 radical (unpaired) electrons. The molecule has 1 aromatic carbocycles. The van der Waals surface area contributed by atoms with Gasteiger partial charge < -0.3 is 10.0 Å². The minimum atomic E-state index is -1.46. The Balaban J connectivity index is 2.18. The number of piperazine rings is 1. The number of benzene rings is 1. The first-order chi connectivity index (χ1) is 9.71. The Hall–Kier alpha value is -1.69. The van der Waals surface area contributed by atoms with Gasteiger partial charge in [-0.1, -0.05) is 0 Å². The van der Waals surface area contributed by atoms with E-state index in [1.165, 1.54) is 6.07 Å². The van der Waals surface area contributed by atoms with Crippen LogP contribution in [-0.4, -0.2) is 47.7 Å². The molecule has 116 valence electrons. The molecule has 1 N–H and O–H groups in total. The van der Waals surface area contributed by atoms with Gasteiger partial charge in [-0.2, -0.15) is 0 Å². The summed E-state index contributed by atoms with van der Waals surface area (Å²) < 4.78 is 27.8. The van der Waals surface area contributed by atoms with Crippen molar-refractivity contribution in [3.63, 3.8) is 0 Å². The summed E-state index contributed by atoms with van der Waals surface area (Å²) in [7, 11) is 0. The second-order valence-electron chi connectivity index (χ2n) is 6.21. The van der Waals surface area contributed by atoms with Crippen LogP contribution in [0.3, 0.4) is 0 Å². The van der Waals surface area contributed by atoms with Crippen molar-refractivity contribution in [2.45, 2.75) is 26.3 Å². The Labute approximate surface area is 123 Å². The maximum absolute atomic E-state index is 14.0. The molecule has 4 nitrogen and oxygen atoms in total. The van der Waals surface area contributed by atoms with Gasteiger partial charge in [0.1, 0.15) is 0 Å². The molecule has 0 saturated carbocycles. The van der Waals surface area contributed by atoms with Crippen LogP contribution < -0.4 is 4.90 Å². The molecule has 21 heavy (non-hydrogen) atoms. The summed E-state index contributed by atoms with van der Waals surface area (Å²) >= 11 is 0. The summed E-state index contributed by atoms with van der Waals surface area (Å²) in [5.74, 6) is -3.84. The number of nitrogens with zero attached hydrogens (tertiary/aromatic N) is 2. The fourth-order valence-electron chi connectivity index (χ4n) is 2.57. The Morgan fingerprint density at radius 3 is 2.14 bits per heavy atom. The monoisotopic (exact) mass is 298 g/mol. The summed E-state index contributed by atoms with van der Waals surface area (Å²) in [5, 5.41) is 8.79. The van der Waals surface area contributed by atoms with Crippen LogP contribution in [0.5, 0.6) is 0 Å². The van der Waals surface area contributed by atoms with Crippen molar-refractivity contribution in [3.8, 4) is 0 Å². The van der Waals surface area contributed by atoms with Gasteiger partial charge in [0.05, 0.1) is 11.3 Å². The minimum Gasteiger partial charge on any atom is -0.478 e. The first-order valence-electron chi connectivity index (χ1n) is 6.93. The van der Waals surface area contributed by atoms with Crippen molar-refractivity contribution < 1.29 is 18.7 Å². The molecule has 0 aliphatic carbocycles. The maximum atomic E-state index is 14.0. The van der Waals surface area contributed by atoms with Gasteiger partial charge in [-0.25, -0.2) is 13.6 Å².